The van der Waals surface area contributed by atoms with E-state index >= 15 is 0 Å². The summed E-state index contributed by atoms with van der Waals surface area (Å²) in [4.78, 5) is 17.5. The lowest BCUT2D eigenvalue weighted by Crippen LogP contribution is -2.24. The first kappa shape index (κ1) is 19.8. The number of benzene rings is 3. The second-order valence-corrected chi connectivity index (χ2v) is 7.29. The molecule has 0 saturated carbocycles. The lowest BCUT2D eigenvalue weighted by Gasteiger charge is -2.12. The van der Waals surface area contributed by atoms with Crippen LogP contribution in [0.2, 0.25) is 0 Å². The van der Waals surface area contributed by atoms with E-state index < -0.39 is 0 Å². The quantitative estimate of drug-likeness (QED) is 0.497. The van der Waals surface area contributed by atoms with Crippen LogP contribution in [0.15, 0.2) is 66.7 Å². The number of carbonyl (C=O) groups is 1. The summed E-state index contributed by atoms with van der Waals surface area (Å²) in [5.41, 5.74) is 3.23. The third-order valence-corrected chi connectivity index (χ3v) is 5.31. The minimum atomic E-state index is -0.339. The molecule has 4 aromatic rings. The van der Waals surface area contributed by atoms with Gasteiger partial charge in [-0.2, -0.15) is 0 Å². The molecule has 1 N–H and O–H groups in total. The second kappa shape index (κ2) is 8.19. The number of hydrogen-bond acceptors (Lipinski definition) is 5. The van der Waals surface area contributed by atoms with E-state index in [2.05, 4.69) is 10.3 Å². The summed E-state index contributed by atoms with van der Waals surface area (Å²) in [5.74, 6) is 1.27. The Bertz CT molecular complexity index is 1300. The number of halogens is 1. The van der Waals surface area contributed by atoms with Crippen LogP contribution in [0.4, 0.5) is 4.39 Å². The van der Waals surface area contributed by atoms with Gasteiger partial charge in [-0.1, -0.05) is 24.3 Å². The molecule has 1 amide bonds. The van der Waals surface area contributed by atoms with Gasteiger partial charge < -0.3 is 19.5 Å². The fourth-order valence-corrected chi connectivity index (χ4v) is 3.68. The monoisotopic (exact) mass is 430 g/mol. The smallest absolute Gasteiger partial charge is 0.270 e. The predicted molar refractivity (Wildman–Crippen MR) is 117 cm³/mol. The highest BCUT2D eigenvalue weighted by molar-refractivity contribution is 6.05. The fourth-order valence-electron chi connectivity index (χ4n) is 3.68. The van der Waals surface area contributed by atoms with E-state index in [1.807, 2.05) is 24.3 Å². The number of nitrogens with one attached hydrogen (secondary N) is 1. The highest BCUT2D eigenvalue weighted by Gasteiger charge is 2.22. The number of carbonyl (C=O) groups excluding carboxylic acids is 1. The molecule has 0 spiro atoms. The number of aromatic nitrogens is 1. The third kappa shape index (κ3) is 3.69. The molecule has 32 heavy (non-hydrogen) atoms. The Labute approximate surface area is 183 Å². The Morgan fingerprint density at radius 1 is 1.06 bits per heavy atom. The Morgan fingerprint density at radius 3 is 2.59 bits per heavy atom. The molecule has 3 aromatic carbocycles. The van der Waals surface area contributed by atoms with E-state index in [1.54, 1.807) is 37.4 Å². The molecule has 160 valence electrons. The van der Waals surface area contributed by atoms with E-state index in [4.69, 9.17) is 14.2 Å². The number of rotatable bonds is 5. The first-order chi connectivity index (χ1) is 15.6. The summed E-state index contributed by atoms with van der Waals surface area (Å²) in [7, 11) is 1.60. The largest absolute Gasteiger partial charge is 0.497 e. The molecule has 0 radical (unpaired) electrons. The maximum absolute atomic E-state index is 13.5. The molecule has 0 bridgehead atoms. The zero-order valence-corrected chi connectivity index (χ0v) is 17.2. The van der Waals surface area contributed by atoms with Crippen LogP contribution in [0.5, 0.6) is 17.2 Å². The van der Waals surface area contributed by atoms with Gasteiger partial charge in [0.05, 0.1) is 18.0 Å². The average Bonchev–Trinajstić information content (AvgIpc) is 3.32. The van der Waals surface area contributed by atoms with Gasteiger partial charge in [-0.25, -0.2) is 9.37 Å². The van der Waals surface area contributed by atoms with Crippen molar-refractivity contribution < 1.29 is 23.4 Å². The minimum Gasteiger partial charge on any atom is -0.497 e. The van der Waals surface area contributed by atoms with Crippen LogP contribution in [0.25, 0.3) is 22.0 Å². The molecule has 1 aliphatic heterocycles. The van der Waals surface area contributed by atoms with Crippen molar-refractivity contribution in [3.05, 3.63) is 83.8 Å². The van der Waals surface area contributed by atoms with Crippen LogP contribution in [-0.2, 0) is 6.54 Å². The molecule has 6 nitrogen and oxygen atoms in total. The fraction of sp³-hybridized carbons (Fsp3) is 0.120. The van der Waals surface area contributed by atoms with Gasteiger partial charge in [0.2, 0.25) is 6.79 Å². The Kier molecular flexibility index (Phi) is 5.07. The number of fused-ring (bicyclic) bond motifs is 3. The molecular formula is C25H19FN2O4. The van der Waals surface area contributed by atoms with Gasteiger partial charge in [0, 0.05) is 6.54 Å². The Morgan fingerprint density at radius 2 is 1.84 bits per heavy atom. The van der Waals surface area contributed by atoms with E-state index in [9.17, 15) is 9.18 Å². The van der Waals surface area contributed by atoms with Crippen molar-refractivity contribution in [3.63, 3.8) is 0 Å². The molecule has 0 saturated heterocycles. The molecule has 0 fully saturated rings. The van der Waals surface area contributed by atoms with Gasteiger partial charge in [0.25, 0.3) is 5.91 Å². The molecule has 1 aliphatic rings. The number of ether oxygens (including phenoxy) is 3. The molecule has 1 aromatic heterocycles. The Hall–Kier alpha value is -4.13. The van der Waals surface area contributed by atoms with E-state index in [1.165, 1.54) is 12.1 Å². The zero-order chi connectivity index (χ0) is 22.1. The lowest BCUT2D eigenvalue weighted by atomic mass is 9.99. The first-order valence-electron chi connectivity index (χ1n) is 10.0. The molecule has 7 heteroatoms. The molecule has 0 atom stereocenters. The molecule has 0 aliphatic carbocycles. The number of methoxy groups -OCH3 is 1. The van der Waals surface area contributed by atoms with Crippen LogP contribution in [0.1, 0.15) is 16.1 Å². The highest BCUT2D eigenvalue weighted by atomic mass is 19.1. The predicted octanol–water partition coefficient (Wildman–Crippen LogP) is 4.71. The minimum absolute atomic E-state index is 0.113. The van der Waals surface area contributed by atoms with E-state index in [0.717, 1.165) is 22.3 Å². The number of pyridine rings is 1. The van der Waals surface area contributed by atoms with E-state index in [-0.39, 0.29) is 24.2 Å². The first-order valence-corrected chi connectivity index (χ1v) is 10.0. The zero-order valence-electron chi connectivity index (χ0n) is 17.2. The van der Waals surface area contributed by atoms with Crippen LogP contribution in [0, 0.1) is 5.82 Å². The van der Waals surface area contributed by atoms with Crippen molar-refractivity contribution in [2.75, 3.05) is 13.9 Å². The van der Waals surface area contributed by atoms with Crippen LogP contribution < -0.4 is 19.5 Å². The molecule has 0 unspecified atom stereocenters. The SMILES string of the molecule is COc1ccc(CNC(=O)c2cc(-c3ccc(F)cc3)c3c4c(ccc3n2)OCO4)cc1. The van der Waals surface area contributed by atoms with Gasteiger partial charge in [0.15, 0.2) is 11.5 Å². The lowest BCUT2D eigenvalue weighted by molar-refractivity contribution is 0.0946. The third-order valence-electron chi connectivity index (χ3n) is 5.31. The van der Waals surface area contributed by atoms with Crippen molar-refractivity contribution in [3.8, 4) is 28.4 Å². The average molecular weight is 430 g/mol. The summed E-state index contributed by atoms with van der Waals surface area (Å²) < 4.78 is 29.9. The van der Waals surface area contributed by atoms with Crippen molar-refractivity contribution in [2.24, 2.45) is 0 Å². The van der Waals surface area contributed by atoms with Gasteiger partial charge in [-0.15, -0.1) is 0 Å². The van der Waals surface area contributed by atoms with Crippen LogP contribution in [0.3, 0.4) is 0 Å². The number of hydrogen-bond donors (Lipinski definition) is 1. The summed E-state index contributed by atoms with van der Waals surface area (Å²) in [6, 6.07) is 18.8. The maximum atomic E-state index is 13.5. The maximum Gasteiger partial charge on any atom is 0.270 e. The second-order valence-electron chi connectivity index (χ2n) is 7.29. The number of nitrogens with zero attached hydrogens (tertiary/aromatic N) is 1. The molecule has 5 rings (SSSR count). The Balaban J connectivity index is 1.52. The topological polar surface area (TPSA) is 69.7 Å². The summed E-state index contributed by atoms with van der Waals surface area (Å²) in [5, 5.41) is 3.62. The number of amides is 1. The summed E-state index contributed by atoms with van der Waals surface area (Å²) in [6.45, 7) is 0.455. The normalized spacial score (nSPS) is 12.1. The van der Waals surface area contributed by atoms with Crippen molar-refractivity contribution in [1.82, 2.24) is 10.3 Å². The van der Waals surface area contributed by atoms with Crippen LogP contribution in [-0.4, -0.2) is 24.8 Å². The highest BCUT2D eigenvalue weighted by Crippen LogP contribution is 2.43. The molecular weight excluding hydrogens is 411 g/mol. The van der Waals surface area contributed by atoms with Gasteiger partial charge in [-0.3, -0.25) is 4.79 Å². The van der Waals surface area contributed by atoms with Crippen molar-refractivity contribution in [1.29, 1.82) is 0 Å². The van der Waals surface area contributed by atoms with Gasteiger partial charge in [0.1, 0.15) is 17.3 Å². The summed E-state index contributed by atoms with van der Waals surface area (Å²) >= 11 is 0. The summed E-state index contributed by atoms with van der Waals surface area (Å²) in [6.07, 6.45) is 0. The standard InChI is InChI=1S/C25H19FN2O4/c1-30-18-8-2-15(3-9-18)13-27-25(29)21-12-19(16-4-6-17(26)7-5-16)23-20(28-21)10-11-22-24(23)32-14-31-22/h2-12H,13-14H2,1H3,(H,27,29). The van der Waals surface area contributed by atoms with Crippen molar-refractivity contribution in [2.45, 2.75) is 6.54 Å². The van der Waals surface area contributed by atoms with E-state index in [0.29, 0.717) is 29.1 Å². The van der Waals surface area contributed by atoms with Crippen LogP contribution >= 0.6 is 0 Å². The van der Waals surface area contributed by atoms with Gasteiger partial charge in [-0.05, 0) is 59.2 Å². The molecule has 2 heterocycles. The van der Waals surface area contributed by atoms with Crippen molar-refractivity contribution >= 4 is 16.8 Å². The van der Waals surface area contributed by atoms with Gasteiger partial charge >= 0.3 is 0 Å².